The second-order valence-corrected chi connectivity index (χ2v) is 5.68. The second kappa shape index (κ2) is 5.23. The number of rotatable bonds is 2. The first-order valence-electron chi connectivity index (χ1n) is 6.74. The van der Waals surface area contributed by atoms with E-state index in [1.165, 1.54) is 0 Å². The minimum atomic E-state index is -0.201. The van der Waals surface area contributed by atoms with E-state index in [1.807, 2.05) is 44.2 Å². The van der Waals surface area contributed by atoms with Gasteiger partial charge in [-0.1, -0.05) is 12.1 Å². The molecule has 0 saturated carbocycles. The number of para-hydroxylation sites is 1. The summed E-state index contributed by atoms with van der Waals surface area (Å²) < 4.78 is 2.06. The zero-order chi connectivity index (χ0) is 15.0. The summed E-state index contributed by atoms with van der Waals surface area (Å²) in [7, 11) is 0. The molecule has 0 fully saturated rings. The van der Waals surface area contributed by atoms with E-state index in [4.69, 9.17) is 21.8 Å². The number of hydrogen-bond acceptors (Lipinski definition) is 2. The number of nitrogens with zero attached hydrogens (tertiary/aromatic N) is 3. The zero-order valence-electron chi connectivity index (χ0n) is 11.8. The number of aryl methyl sites for hydroxylation is 1. The molecule has 3 rings (SSSR count). The van der Waals surface area contributed by atoms with E-state index in [0.29, 0.717) is 5.56 Å². The highest BCUT2D eigenvalue weighted by Gasteiger charge is 2.17. The van der Waals surface area contributed by atoms with Gasteiger partial charge in [0.1, 0.15) is 5.82 Å². The molecule has 0 saturated heterocycles. The van der Waals surface area contributed by atoms with Crippen molar-refractivity contribution in [2.75, 3.05) is 0 Å². The quantitative estimate of drug-likeness (QED) is 0.653. The highest BCUT2D eigenvalue weighted by molar-refractivity contribution is 6.20. The molecule has 1 atom stereocenters. The van der Waals surface area contributed by atoms with Gasteiger partial charge in [-0.25, -0.2) is 4.98 Å². The average Bonchev–Trinajstić information content (AvgIpc) is 2.88. The number of nitriles is 1. The Hall–Kier alpha value is -2.31. The van der Waals surface area contributed by atoms with Crippen LogP contribution in [0.4, 0.5) is 0 Å². The third-order valence-corrected chi connectivity index (χ3v) is 3.72. The molecule has 0 radical (unpaired) electrons. The molecular weight excluding hydrogens is 282 g/mol. The highest BCUT2D eigenvalue weighted by atomic mass is 35.5. The Morgan fingerprint density at radius 3 is 2.52 bits per heavy atom. The molecule has 1 unspecified atom stereocenters. The van der Waals surface area contributed by atoms with Crippen molar-refractivity contribution in [2.45, 2.75) is 19.2 Å². The van der Waals surface area contributed by atoms with Gasteiger partial charge >= 0.3 is 0 Å². The predicted molar refractivity (Wildman–Crippen MR) is 84.8 cm³/mol. The Balaban J connectivity index is 2.31. The van der Waals surface area contributed by atoms with Gasteiger partial charge in [-0.2, -0.15) is 5.26 Å². The second-order valence-electron chi connectivity index (χ2n) is 5.02. The van der Waals surface area contributed by atoms with Gasteiger partial charge in [0.05, 0.1) is 28.0 Å². The molecule has 3 nitrogen and oxygen atoms in total. The van der Waals surface area contributed by atoms with Crippen molar-refractivity contribution >= 4 is 22.6 Å². The largest absolute Gasteiger partial charge is 0.295 e. The van der Waals surface area contributed by atoms with Crippen molar-refractivity contribution in [2.24, 2.45) is 0 Å². The topological polar surface area (TPSA) is 41.6 Å². The Morgan fingerprint density at radius 1 is 1.19 bits per heavy atom. The molecule has 21 heavy (non-hydrogen) atoms. The van der Waals surface area contributed by atoms with E-state index in [2.05, 4.69) is 10.6 Å². The van der Waals surface area contributed by atoms with Crippen LogP contribution in [0.5, 0.6) is 0 Å². The summed E-state index contributed by atoms with van der Waals surface area (Å²) in [5.74, 6) is 0.811. The molecule has 0 spiro atoms. The van der Waals surface area contributed by atoms with Crippen molar-refractivity contribution in [3.05, 3.63) is 59.4 Å². The maximum Gasteiger partial charge on any atom is 0.132 e. The van der Waals surface area contributed by atoms with E-state index in [9.17, 15) is 0 Å². The normalized spacial score (nSPS) is 12.3. The van der Waals surface area contributed by atoms with Crippen LogP contribution in [0.2, 0.25) is 0 Å². The number of aromatic nitrogens is 2. The SMILES string of the molecule is Cc1cccc2c1nc(C(C)Cl)n2-c1ccc(C#N)cc1. The van der Waals surface area contributed by atoms with Crippen molar-refractivity contribution in [1.29, 1.82) is 5.26 Å². The first kappa shape index (κ1) is 13.7. The first-order chi connectivity index (χ1) is 10.1. The van der Waals surface area contributed by atoms with Crippen LogP contribution >= 0.6 is 11.6 Å². The number of benzene rings is 2. The number of alkyl halides is 1. The lowest BCUT2D eigenvalue weighted by Crippen LogP contribution is -2.01. The molecular formula is C17H14ClN3. The molecule has 0 amide bonds. The van der Waals surface area contributed by atoms with Crippen LogP contribution < -0.4 is 0 Å². The van der Waals surface area contributed by atoms with Crippen LogP contribution in [0.15, 0.2) is 42.5 Å². The van der Waals surface area contributed by atoms with Gasteiger partial charge in [0.25, 0.3) is 0 Å². The van der Waals surface area contributed by atoms with Crippen LogP contribution in [-0.2, 0) is 0 Å². The maximum atomic E-state index is 8.92. The molecule has 0 aliphatic heterocycles. The van der Waals surface area contributed by atoms with E-state index in [1.54, 1.807) is 12.1 Å². The molecule has 4 heteroatoms. The standard InChI is InChI=1S/C17H14ClN3/c1-11-4-3-5-15-16(11)20-17(12(2)18)21(15)14-8-6-13(10-19)7-9-14/h3-9,12H,1-2H3. The minimum absolute atomic E-state index is 0.201. The van der Waals surface area contributed by atoms with Crippen LogP contribution in [-0.4, -0.2) is 9.55 Å². The van der Waals surface area contributed by atoms with Crippen molar-refractivity contribution in [3.63, 3.8) is 0 Å². The Bertz CT molecular complexity index is 839. The molecule has 1 heterocycles. The van der Waals surface area contributed by atoms with Crippen LogP contribution in [0.3, 0.4) is 0 Å². The number of halogens is 1. The molecule has 104 valence electrons. The zero-order valence-corrected chi connectivity index (χ0v) is 12.6. The summed E-state index contributed by atoms with van der Waals surface area (Å²) in [5, 5.41) is 8.72. The lowest BCUT2D eigenvalue weighted by molar-refractivity contribution is 0.882. The Kier molecular flexibility index (Phi) is 3.40. The smallest absolute Gasteiger partial charge is 0.132 e. The lowest BCUT2D eigenvalue weighted by atomic mass is 10.2. The number of fused-ring (bicyclic) bond motifs is 1. The van der Waals surface area contributed by atoms with Gasteiger partial charge < -0.3 is 0 Å². The third kappa shape index (κ3) is 2.28. The van der Waals surface area contributed by atoms with Gasteiger partial charge in [-0.3, -0.25) is 4.57 Å². The number of hydrogen-bond donors (Lipinski definition) is 0. The van der Waals surface area contributed by atoms with Crippen LogP contribution in [0.1, 0.15) is 29.3 Å². The summed E-state index contributed by atoms with van der Waals surface area (Å²) >= 11 is 6.30. The summed E-state index contributed by atoms with van der Waals surface area (Å²) in [6, 6.07) is 15.7. The van der Waals surface area contributed by atoms with E-state index in [-0.39, 0.29) is 5.38 Å². The van der Waals surface area contributed by atoms with Crippen molar-refractivity contribution < 1.29 is 0 Å². The van der Waals surface area contributed by atoms with Crippen LogP contribution in [0, 0.1) is 18.3 Å². The molecule has 0 aliphatic rings. The van der Waals surface area contributed by atoms with Crippen LogP contribution in [0.25, 0.3) is 16.7 Å². The molecule has 3 aromatic rings. The van der Waals surface area contributed by atoms with Gasteiger partial charge in [-0.05, 0) is 49.7 Å². The lowest BCUT2D eigenvalue weighted by Gasteiger charge is -2.10. The van der Waals surface area contributed by atoms with E-state index >= 15 is 0 Å². The van der Waals surface area contributed by atoms with Gasteiger partial charge in [0, 0.05) is 5.69 Å². The number of imidazole rings is 1. The molecule has 0 aliphatic carbocycles. The fourth-order valence-corrected chi connectivity index (χ4v) is 2.63. The Morgan fingerprint density at radius 2 is 1.90 bits per heavy atom. The van der Waals surface area contributed by atoms with Gasteiger partial charge in [-0.15, -0.1) is 11.6 Å². The Labute approximate surface area is 128 Å². The fourth-order valence-electron chi connectivity index (χ4n) is 2.48. The molecule has 0 N–H and O–H groups in total. The first-order valence-corrected chi connectivity index (χ1v) is 7.18. The highest BCUT2D eigenvalue weighted by Crippen LogP contribution is 2.29. The van der Waals surface area contributed by atoms with Crippen molar-refractivity contribution in [1.82, 2.24) is 9.55 Å². The summed E-state index contributed by atoms with van der Waals surface area (Å²) in [4.78, 5) is 4.70. The monoisotopic (exact) mass is 295 g/mol. The van der Waals surface area contributed by atoms with E-state index < -0.39 is 0 Å². The minimum Gasteiger partial charge on any atom is -0.295 e. The van der Waals surface area contributed by atoms with Crippen molar-refractivity contribution in [3.8, 4) is 11.8 Å². The van der Waals surface area contributed by atoms with E-state index in [0.717, 1.165) is 28.1 Å². The third-order valence-electron chi connectivity index (χ3n) is 3.52. The molecule has 2 aromatic carbocycles. The predicted octanol–water partition coefficient (Wildman–Crippen LogP) is 4.51. The summed E-state index contributed by atoms with van der Waals surface area (Å²) in [5.41, 5.74) is 4.72. The van der Waals surface area contributed by atoms with Gasteiger partial charge in [0.15, 0.2) is 0 Å². The molecule has 1 aromatic heterocycles. The average molecular weight is 296 g/mol. The summed E-state index contributed by atoms with van der Waals surface area (Å²) in [6.07, 6.45) is 0. The van der Waals surface area contributed by atoms with Gasteiger partial charge in [0.2, 0.25) is 0 Å². The fraction of sp³-hybridized carbons (Fsp3) is 0.176. The maximum absolute atomic E-state index is 8.92. The molecule has 0 bridgehead atoms. The summed E-state index contributed by atoms with van der Waals surface area (Å²) in [6.45, 7) is 3.96.